The molecule has 0 spiro atoms. The first-order chi connectivity index (χ1) is 18.3. The van der Waals surface area contributed by atoms with Crippen LogP contribution in [0.25, 0.3) is 0 Å². The van der Waals surface area contributed by atoms with E-state index in [2.05, 4.69) is 94.9 Å². The van der Waals surface area contributed by atoms with Gasteiger partial charge in [0.15, 0.2) is 0 Å². The molecule has 1 aliphatic rings. The topological polar surface area (TPSA) is 47.9 Å². The van der Waals surface area contributed by atoms with Crippen LogP contribution in [-0.4, -0.2) is 51.1 Å². The molecule has 4 nitrogen and oxygen atoms in total. The number of hydrogen-bond acceptors (Lipinski definition) is 4. The lowest BCUT2D eigenvalue weighted by atomic mass is 10.0. The monoisotopic (exact) mass is 538 g/mol. The Balaban J connectivity index is 1.77. The van der Waals surface area contributed by atoms with Crippen LogP contribution in [0.5, 0.6) is 0 Å². The molecule has 2 aromatic rings. The molecule has 0 saturated carbocycles. The molecule has 1 aliphatic heterocycles. The van der Waals surface area contributed by atoms with Crippen molar-refractivity contribution in [2.45, 2.75) is 109 Å². The summed E-state index contributed by atoms with van der Waals surface area (Å²) < 4.78 is 19.9. The Morgan fingerprint density at radius 2 is 1.61 bits per heavy atom. The molecule has 2 aromatic carbocycles. The predicted molar refractivity (Wildman–Crippen MR) is 161 cm³/mol. The van der Waals surface area contributed by atoms with E-state index in [1.807, 2.05) is 0 Å². The Kier molecular flexibility index (Phi) is 12.3. The molecule has 38 heavy (non-hydrogen) atoms. The molecule has 1 N–H and O–H groups in total. The Morgan fingerprint density at radius 3 is 2.16 bits per heavy atom. The normalized spacial score (nSPS) is 20.1. The van der Waals surface area contributed by atoms with Gasteiger partial charge in [0.1, 0.15) is 12.2 Å². The van der Waals surface area contributed by atoms with Crippen LogP contribution in [-0.2, 0) is 13.9 Å². The number of aliphatic hydroxyl groups is 1. The van der Waals surface area contributed by atoms with E-state index in [0.717, 1.165) is 32.1 Å². The Morgan fingerprint density at radius 1 is 1.00 bits per heavy atom. The van der Waals surface area contributed by atoms with Crippen LogP contribution in [0, 0.1) is 0 Å². The van der Waals surface area contributed by atoms with Crippen molar-refractivity contribution in [3.8, 4) is 0 Å². The quantitative estimate of drug-likeness (QED) is 0.162. The highest BCUT2D eigenvalue weighted by atomic mass is 28.4. The van der Waals surface area contributed by atoms with E-state index in [0.29, 0.717) is 13.2 Å². The van der Waals surface area contributed by atoms with Gasteiger partial charge in [-0.2, -0.15) is 0 Å². The fraction of sp³-hybridized carbons (Fsp3) is 0.576. The third-order valence-electron chi connectivity index (χ3n) is 7.81. The van der Waals surface area contributed by atoms with E-state index in [1.54, 1.807) is 6.08 Å². The van der Waals surface area contributed by atoms with Gasteiger partial charge in [0.05, 0.1) is 18.8 Å². The molecule has 5 heteroatoms. The maximum Gasteiger partial charge on any atom is 0.261 e. The summed E-state index contributed by atoms with van der Waals surface area (Å²) in [5.74, 6) is 0. The number of ether oxygens (including phenoxy) is 2. The summed E-state index contributed by atoms with van der Waals surface area (Å²) >= 11 is 0. The zero-order chi connectivity index (χ0) is 27.4. The number of hydrogen-bond donors (Lipinski definition) is 1. The minimum atomic E-state index is -2.67. The van der Waals surface area contributed by atoms with Gasteiger partial charge in [-0.25, -0.2) is 0 Å². The van der Waals surface area contributed by atoms with Gasteiger partial charge in [0.25, 0.3) is 8.32 Å². The lowest BCUT2D eigenvalue weighted by Crippen LogP contribution is -2.67. The van der Waals surface area contributed by atoms with Gasteiger partial charge in [0.2, 0.25) is 0 Å². The molecule has 0 aromatic heterocycles. The van der Waals surface area contributed by atoms with Crippen molar-refractivity contribution in [1.29, 1.82) is 0 Å². The summed E-state index contributed by atoms with van der Waals surface area (Å²) in [7, 11) is -2.67. The predicted octanol–water partition coefficient (Wildman–Crippen LogP) is 6.40. The van der Waals surface area contributed by atoms with Crippen LogP contribution in [0.3, 0.4) is 0 Å². The molecule has 1 saturated heterocycles. The van der Waals surface area contributed by atoms with Crippen molar-refractivity contribution in [2.24, 2.45) is 0 Å². The number of unbranched alkanes of at least 4 members (excludes halogenated alkanes) is 4. The standard InChI is InChI=1S/C33H50O4Si/c1-6-8-9-10-17-23-29(34)30(7-2)37-31-24-18-25-35-32(31)26-36-38(33(3,4)5,27-19-13-11-14-20-27)28-21-15-12-16-22-28/h7,11-16,19-22,29-32,34H,2,6,8-10,17-18,23-26H2,1,3-5H3/t29-,30-,31+,32-/m1/s1. The van der Waals surface area contributed by atoms with Crippen LogP contribution in [0.1, 0.15) is 79.1 Å². The van der Waals surface area contributed by atoms with Crippen LogP contribution < -0.4 is 10.4 Å². The Bertz CT molecular complexity index is 888. The second-order valence-corrected chi connectivity index (χ2v) is 16.0. The molecule has 1 heterocycles. The highest BCUT2D eigenvalue weighted by Crippen LogP contribution is 2.37. The fourth-order valence-corrected chi connectivity index (χ4v) is 10.3. The maximum absolute atomic E-state index is 10.9. The van der Waals surface area contributed by atoms with Crippen LogP contribution in [0.2, 0.25) is 5.04 Å². The van der Waals surface area contributed by atoms with Crippen LogP contribution >= 0.6 is 0 Å². The van der Waals surface area contributed by atoms with Crippen molar-refractivity contribution in [3.05, 3.63) is 73.3 Å². The molecule has 1 fully saturated rings. The molecular weight excluding hydrogens is 488 g/mol. The van der Waals surface area contributed by atoms with E-state index in [-0.39, 0.29) is 17.2 Å². The fourth-order valence-electron chi connectivity index (χ4n) is 5.72. The minimum absolute atomic E-state index is 0.0989. The minimum Gasteiger partial charge on any atom is -0.405 e. The molecule has 210 valence electrons. The van der Waals surface area contributed by atoms with Crippen LogP contribution in [0.15, 0.2) is 73.3 Å². The molecular formula is C33H50O4Si. The maximum atomic E-state index is 10.9. The van der Waals surface area contributed by atoms with Gasteiger partial charge in [-0.3, -0.25) is 0 Å². The van der Waals surface area contributed by atoms with E-state index in [4.69, 9.17) is 13.9 Å². The van der Waals surface area contributed by atoms with E-state index < -0.39 is 20.5 Å². The highest BCUT2D eigenvalue weighted by molar-refractivity contribution is 6.99. The summed E-state index contributed by atoms with van der Waals surface area (Å²) in [6, 6.07) is 21.4. The van der Waals surface area contributed by atoms with E-state index >= 15 is 0 Å². The Labute approximate surface area is 232 Å². The summed E-state index contributed by atoms with van der Waals surface area (Å²) in [6.45, 7) is 14.2. The molecule has 0 unspecified atom stereocenters. The van der Waals surface area contributed by atoms with Crippen molar-refractivity contribution >= 4 is 18.7 Å². The molecule has 0 aliphatic carbocycles. The van der Waals surface area contributed by atoms with Gasteiger partial charge < -0.3 is 19.0 Å². The van der Waals surface area contributed by atoms with Gasteiger partial charge in [0, 0.05) is 6.61 Å². The summed E-state index contributed by atoms with van der Waals surface area (Å²) in [5.41, 5.74) is 0. The smallest absolute Gasteiger partial charge is 0.261 e. The second kappa shape index (κ2) is 15.1. The molecule has 0 amide bonds. The molecule has 4 atom stereocenters. The number of benzene rings is 2. The third-order valence-corrected chi connectivity index (χ3v) is 12.8. The van der Waals surface area contributed by atoms with Crippen molar-refractivity contribution < 1.29 is 19.0 Å². The van der Waals surface area contributed by atoms with Crippen molar-refractivity contribution in [2.75, 3.05) is 13.2 Å². The third kappa shape index (κ3) is 7.89. The highest BCUT2D eigenvalue weighted by Gasteiger charge is 2.51. The first kappa shape index (κ1) is 30.8. The van der Waals surface area contributed by atoms with Crippen LogP contribution in [0.4, 0.5) is 0 Å². The average molecular weight is 539 g/mol. The number of aliphatic hydroxyl groups excluding tert-OH is 1. The second-order valence-electron chi connectivity index (χ2n) is 11.7. The van der Waals surface area contributed by atoms with Gasteiger partial charge >= 0.3 is 0 Å². The number of rotatable bonds is 15. The molecule has 0 radical (unpaired) electrons. The first-order valence-electron chi connectivity index (χ1n) is 14.7. The van der Waals surface area contributed by atoms with Gasteiger partial charge in [-0.1, -0.05) is 127 Å². The van der Waals surface area contributed by atoms with Crippen molar-refractivity contribution in [3.63, 3.8) is 0 Å². The Hall–Kier alpha value is -1.76. The first-order valence-corrected chi connectivity index (χ1v) is 16.6. The molecule has 3 rings (SSSR count). The largest absolute Gasteiger partial charge is 0.405 e. The van der Waals surface area contributed by atoms with Gasteiger partial charge in [-0.15, -0.1) is 6.58 Å². The lowest BCUT2D eigenvalue weighted by molar-refractivity contribution is -0.150. The SMILES string of the molecule is C=C[C@@H](O[C@H]1CCCO[C@@H]1CO[Si](c1ccccc1)(c1ccccc1)C(C)(C)C)[C@H](O)CCCCCCC. The van der Waals surface area contributed by atoms with Crippen molar-refractivity contribution in [1.82, 2.24) is 0 Å². The summed E-state index contributed by atoms with van der Waals surface area (Å²) in [6.07, 6.45) is 8.90. The zero-order valence-electron chi connectivity index (χ0n) is 24.1. The summed E-state index contributed by atoms with van der Waals surface area (Å²) in [5, 5.41) is 13.3. The zero-order valence-corrected chi connectivity index (χ0v) is 25.1. The average Bonchev–Trinajstić information content (AvgIpc) is 2.93. The summed E-state index contributed by atoms with van der Waals surface area (Å²) in [4.78, 5) is 0. The van der Waals surface area contributed by atoms with E-state index in [1.165, 1.54) is 29.6 Å². The van der Waals surface area contributed by atoms with Gasteiger partial charge in [-0.05, 0) is 34.7 Å². The van der Waals surface area contributed by atoms with E-state index in [9.17, 15) is 5.11 Å². The molecule has 0 bridgehead atoms. The lowest BCUT2D eigenvalue weighted by Gasteiger charge is -2.44.